The van der Waals surface area contributed by atoms with Gasteiger partial charge in [0.2, 0.25) is 0 Å². The molecule has 4 heteroatoms. The van der Waals surface area contributed by atoms with Crippen molar-refractivity contribution in [2.24, 2.45) is 11.3 Å². The highest BCUT2D eigenvalue weighted by Crippen LogP contribution is 2.29. The minimum absolute atomic E-state index is 0.0537. The van der Waals surface area contributed by atoms with Crippen molar-refractivity contribution in [1.82, 2.24) is 10.3 Å². The maximum atomic E-state index is 9.21. The molecule has 114 valence electrons. The molecule has 0 fully saturated rings. The normalized spacial score (nSPS) is 19.1. The summed E-state index contributed by atoms with van der Waals surface area (Å²) in [6, 6.07) is 0. The van der Waals surface area contributed by atoms with Crippen molar-refractivity contribution in [2.45, 2.75) is 59.4 Å². The molecule has 1 unspecified atom stereocenters. The summed E-state index contributed by atoms with van der Waals surface area (Å²) in [6.45, 7) is 8.73. The van der Waals surface area contributed by atoms with Crippen molar-refractivity contribution < 1.29 is 5.11 Å². The van der Waals surface area contributed by atoms with Crippen molar-refractivity contribution in [3.63, 3.8) is 0 Å². The average molecular weight is 296 g/mol. The van der Waals surface area contributed by atoms with Gasteiger partial charge in [0.25, 0.3) is 0 Å². The lowest BCUT2D eigenvalue weighted by atomic mass is 9.89. The van der Waals surface area contributed by atoms with E-state index in [4.69, 9.17) is 4.98 Å². The molecule has 0 aromatic carbocycles. The largest absolute Gasteiger partial charge is 0.396 e. The van der Waals surface area contributed by atoms with E-state index in [9.17, 15) is 5.11 Å². The Bertz CT molecular complexity index is 428. The summed E-state index contributed by atoms with van der Waals surface area (Å²) < 4.78 is 0. The molecule has 0 aliphatic heterocycles. The molecule has 3 nitrogen and oxygen atoms in total. The second-order valence-corrected chi connectivity index (χ2v) is 8.10. The third-order valence-corrected chi connectivity index (χ3v) is 5.26. The number of aliphatic hydroxyl groups excluding tert-OH is 1. The Morgan fingerprint density at radius 1 is 1.45 bits per heavy atom. The van der Waals surface area contributed by atoms with Crippen molar-refractivity contribution in [3.05, 3.63) is 15.6 Å². The van der Waals surface area contributed by atoms with Gasteiger partial charge >= 0.3 is 0 Å². The van der Waals surface area contributed by atoms with Crippen LogP contribution >= 0.6 is 11.3 Å². The molecule has 1 atom stereocenters. The topological polar surface area (TPSA) is 45.2 Å². The first-order valence-electron chi connectivity index (χ1n) is 7.79. The molecule has 1 aromatic rings. The second-order valence-electron chi connectivity index (χ2n) is 6.93. The predicted octanol–water partition coefficient (Wildman–Crippen LogP) is 3.16. The fourth-order valence-electron chi connectivity index (χ4n) is 2.64. The third kappa shape index (κ3) is 4.54. The Morgan fingerprint density at radius 2 is 2.25 bits per heavy atom. The average Bonchev–Trinajstić information content (AvgIpc) is 2.80. The Balaban J connectivity index is 1.70. The zero-order chi connectivity index (χ0) is 14.6. The smallest absolute Gasteiger partial charge is 0.107 e. The number of hydrogen-bond donors (Lipinski definition) is 2. The first kappa shape index (κ1) is 15.9. The number of nitrogens with one attached hydrogen (secondary N) is 1. The van der Waals surface area contributed by atoms with Gasteiger partial charge in [0.15, 0.2) is 0 Å². The summed E-state index contributed by atoms with van der Waals surface area (Å²) in [7, 11) is 0. The summed E-state index contributed by atoms with van der Waals surface area (Å²) in [5.74, 6) is 0.824. The van der Waals surface area contributed by atoms with Gasteiger partial charge in [-0.15, -0.1) is 11.3 Å². The fraction of sp³-hybridized carbons (Fsp3) is 0.812. The van der Waals surface area contributed by atoms with Crippen LogP contribution in [0.4, 0.5) is 0 Å². The first-order chi connectivity index (χ1) is 9.50. The van der Waals surface area contributed by atoms with Crippen LogP contribution in [0.25, 0.3) is 0 Å². The molecule has 1 heterocycles. The van der Waals surface area contributed by atoms with Crippen molar-refractivity contribution in [3.8, 4) is 0 Å². The standard InChI is InChI=1S/C16H28N2OS/c1-12-5-6-13-14(9-12)20-15(18-13)10-17-8-4-7-16(2,3)11-19/h12,17,19H,4-11H2,1-3H3. The van der Waals surface area contributed by atoms with Crippen LogP contribution in [-0.2, 0) is 19.4 Å². The molecule has 20 heavy (non-hydrogen) atoms. The Kier molecular flexibility index (Phi) is 5.58. The third-order valence-electron chi connectivity index (χ3n) is 4.14. The molecule has 1 aromatic heterocycles. The molecule has 0 spiro atoms. The van der Waals surface area contributed by atoms with Crippen LogP contribution in [0, 0.1) is 11.3 Å². The van der Waals surface area contributed by atoms with Crippen molar-refractivity contribution in [1.29, 1.82) is 0 Å². The van der Waals surface area contributed by atoms with E-state index in [1.54, 1.807) is 0 Å². The highest BCUT2D eigenvalue weighted by Gasteiger charge is 2.19. The molecule has 2 rings (SSSR count). The minimum atomic E-state index is 0.0537. The number of nitrogens with zero attached hydrogens (tertiary/aromatic N) is 1. The second kappa shape index (κ2) is 7.01. The van der Waals surface area contributed by atoms with E-state index < -0.39 is 0 Å². The number of rotatable bonds is 7. The number of thiazole rings is 1. The predicted molar refractivity (Wildman–Crippen MR) is 85.1 cm³/mol. The summed E-state index contributed by atoms with van der Waals surface area (Å²) in [4.78, 5) is 6.28. The van der Waals surface area contributed by atoms with Crippen molar-refractivity contribution in [2.75, 3.05) is 13.2 Å². The van der Waals surface area contributed by atoms with E-state index in [0.29, 0.717) is 0 Å². The van der Waals surface area contributed by atoms with Gasteiger partial charge in [0.1, 0.15) is 5.01 Å². The Labute approximate surface area is 126 Å². The molecule has 0 saturated heterocycles. The van der Waals surface area contributed by atoms with Gasteiger partial charge in [-0.25, -0.2) is 4.98 Å². The number of fused-ring (bicyclic) bond motifs is 1. The summed E-state index contributed by atoms with van der Waals surface area (Å²) in [5, 5.41) is 13.9. The SMILES string of the molecule is CC1CCc2nc(CNCCCC(C)(C)CO)sc2C1. The van der Waals surface area contributed by atoms with Crippen LogP contribution in [0.15, 0.2) is 0 Å². The van der Waals surface area contributed by atoms with Gasteiger partial charge in [-0.05, 0) is 50.0 Å². The zero-order valence-electron chi connectivity index (χ0n) is 13.0. The summed E-state index contributed by atoms with van der Waals surface area (Å²) in [6.07, 6.45) is 5.84. The molecule has 0 amide bonds. The minimum Gasteiger partial charge on any atom is -0.396 e. The maximum Gasteiger partial charge on any atom is 0.107 e. The fourth-order valence-corrected chi connectivity index (χ4v) is 3.88. The van der Waals surface area contributed by atoms with Crippen LogP contribution < -0.4 is 5.32 Å². The van der Waals surface area contributed by atoms with E-state index in [1.165, 1.54) is 28.4 Å². The van der Waals surface area contributed by atoms with E-state index in [0.717, 1.165) is 38.3 Å². The van der Waals surface area contributed by atoms with E-state index in [-0.39, 0.29) is 12.0 Å². The number of aromatic nitrogens is 1. The van der Waals surface area contributed by atoms with Gasteiger partial charge < -0.3 is 10.4 Å². The maximum absolute atomic E-state index is 9.21. The van der Waals surface area contributed by atoms with E-state index in [2.05, 4.69) is 26.1 Å². The Morgan fingerprint density at radius 3 is 3.00 bits per heavy atom. The van der Waals surface area contributed by atoms with Crippen LogP contribution in [0.1, 0.15) is 55.6 Å². The Hall–Kier alpha value is -0.450. The molecule has 2 N–H and O–H groups in total. The van der Waals surface area contributed by atoms with Crippen LogP contribution in [-0.4, -0.2) is 23.2 Å². The van der Waals surface area contributed by atoms with Gasteiger partial charge in [-0.3, -0.25) is 0 Å². The lowest BCUT2D eigenvalue weighted by molar-refractivity contribution is 0.148. The van der Waals surface area contributed by atoms with Gasteiger partial charge in [-0.2, -0.15) is 0 Å². The molecule has 0 bridgehead atoms. The van der Waals surface area contributed by atoms with Crippen LogP contribution in [0.5, 0.6) is 0 Å². The van der Waals surface area contributed by atoms with Gasteiger partial charge in [0, 0.05) is 18.0 Å². The lowest BCUT2D eigenvalue weighted by Gasteiger charge is -2.21. The zero-order valence-corrected chi connectivity index (χ0v) is 13.9. The van der Waals surface area contributed by atoms with E-state index in [1.807, 2.05) is 11.3 Å². The molecule has 0 radical (unpaired) electrons. The van der Waals surface area contributed by atoms with Crippen LogP contribution in [0.3, 0.4) is 0 Å². The number of aliphatic hydroxyl groups is 1. The van der Waals surface area contributed by atoms with Gasteiger partial charge in [-0.1, -0.05) is 20.8 Å². The monoisotopic (exact) mass is 296 g/mol. The first-order valence-corrected chi connectivity index (χ1v) is 8.61. The number of hydrogen-bond acceptors (Lipinski definition) is 4. The van der Waals surface area contributed by atoms with Gasteiger partial charge in [0.05, 0.1) is 5.69 Å². The molecular weight excluding hydrogens is 268 g/mol. The molecule has 1 aliphatic rings. The lowest BCUT2D eigenvalue weighted by Crippen LogP contribution is -2.20. The number of aryl methyl sites for hydroxylation is 1. The molecule has 1 aliphatic carbocycles. The molecular formula is C16H28N2OS. The molecule has 0 saturated carbocycles. The quantitative estimate of drug-likeness (QED) is 0.760. The van der Waals surface area contributed by atoms with Crippen LogP contribution in [0.2, 0.25) is 0 Å². The summed E-state index contributed by atoms with van der Waals surface area (Å²) in [5.41, 5.74) is 1.41. The highest BCUT2D eigenvalue weighted by atomic mass is 32.1. The highest BCUT2D eigenvalue weighted by molar-refractivity contribution is 7.11. The summed E-state index contributed by atoms with van der Waals surface area (Å²) >= 11 is 1.89. The van der Waals surface area contributed by atoms with E-state index >= 15 is 0 Å². The van der Waals surface area contributed by atoms with Crippen molar-refractivity contribution >= 4 is 11.3 Å².